The molecule has 2 aromatic heterocycles. The molecule has 0 unspecified atom stereocenters. The molecule has 1 amide bonds. The first kappa shape index (κ1) is 23.2. The second kappa shape index (κ2) is 8.90. The van der Waals surface area contributed by atoms with E-state index in [-0.39, 0.29) is 17.6 Å². The summed E-state index contributed by atoms with van der Waals surface area (Å²) >= 11 is 2.62. The summed E-state index contributed by atoms with van der Waals surface area (Å²) in [4.78, 5) is 48.0. The van der Waals surface area contributed by atoms with Crippen molar-refractivity contribution in [1.82, 2.24) is 4.57 Å². The van der Waals surface area contributed by atoms with E-state index in [1.807, 2.05) is 41.8 Å². The number of fused-ring (bicyclic) bond motifs is 2. The standard InChI is InChI=1S/C26H23N3O4S2/c1-5-12-28-17-10-7-6-9-16(17)20(23(28)30)22-24(31)29-21(18-11-8-13-34-18)19(25(32)33-14(2)3)15(4)27-26(29)35-22/h5-11,13-14,21H,1,12H2,2-4H3/b22-20-/t21-/m1/s1. The number of esters is 1. The lowest BCUT2D eigenvalue weighted by Crippen LogP contribution is -2.40. The Morgan fingerprint density at radius 3 is 2.69 bits per heavy atom. The summed E-state index contributed by atoms with van der Waals surface area (Å²) in [5.41, 5.74) is 2.27. The number of hydrogen-bond donors (Lipinski definition) is 0. The number of carbonyl (C=O) groups excluding carboxylic acids is 2. The molecule has 0 radical (unpaired) electrons. The Morgan fingerprint density at radius 2 is 2.00 bits per heavy atom. The number of carbonyl (C=O) groups is 2. The third-order valence-corrected chi connectivity index (χ3v) is 7.81. The zero-order chi connectivity index (χ0) is 24.9. The summed E-state index contributed by atoms with van der Waals surface area (Å²) in [6.07, 6.45) is 1.34. The van der Waals surface area contributed by atoms with Gasteiger partial charge >= 0.3 is 5.97 Å². The Bertz CT molecular complexity index is 1570. The maximum absolute atomic E-state index is 14.0. The molecule has 3 aromatic rings. The highest BCUT2D eigenvalue weighted by Crippen LogP contribution is 2.36. The predicted molar refractivity (Wildman–Crippen MR) is 137 cm³/mol. The van der Waals surface area contributed by atoms with Crippen molar-refractivity contribution in [2.24, 2.45) is 4.99 Å². The number of ether oxygens (including phenoxy) is 1. The predicted octanol–water partition coefficient (Wildman–Crippen LogP) is 3.15. The van der Waals surface area contributed by atoms with Crippen LogP contribution in [0.5, 0.6) is 0 Å². The first-order valence-electron chi connectivity index (χ1n) is 11.1. The molecule has 5 rings (SSSR count). The minimum absolute atomic E-state index is 0.251. The van der Waals surface area contributed by atoms with E-state index in [0.29, 0.717) is 38.3 Å². The van der Waals surface area contributed by atoms with Crippen LogP contribution in [0.1, 0.15) is 37.3 Å². The molecule has 4 heterocycles. The molecule has 0 saturated carbocycles. The van der Waals surface area contributed by atoms with Gasteiger partial charge in [-0.25, -0.2) is 9.79 Å². The largest absolute Gasteiger partial charge is 0.459 e. The van der Waals surface area contributed by atoms with Crippen LogP contribution in [0, 0.1) is 0 Å². The SMILES string of the molecule is C=CCN1C(=O)/C(=c2\sc3n(c2=O)[C@H](c2cccs2)C(C(=O)OC(C)C)=C(C)N=3)c2ccccc21. The first-order chi connectivity index (χ1) is 16.8. The maximum Gasteiger partial charge on any atom is 0.338 e. The Morgan fingerprint density at radius 1 is 1.23 bits per heavy atom. The molecule has 0 aliphatic carbocycles. The molecule has 35 heavy (non-hydrogen) atoms. The van der Waals surface area contributed by atoms with Crippen molar-refractivity contribution >= 4 is 45.8 Å². The Labute approximate surface area is 209 Å². The number of benzene rings is 1. The summed E-state index contributed by atoms with van der Waals surface area (Å²) < 4.78 is 7.34. The average molecular weight is 506 g/mol. The van der Waals surface area contributed by atoms with Gasteiger partial charge in [-0.05, 0) is 38.3 Å². The topological polar surface area (TPSA) is 81.0 Å². The summed E-state index contributed by atoms with van der Waals surface area (Å²) in [6, 6.07) is 10.5. The fourth-order valence-corrected chi connectivity index (χ4v) is 6.40. The summed E-state index contributed by atoms with van der Waals surface area (Å²) in [5.74, 6) is -0.753. The summed E-state index contributed by atoms with van der Waals surface area (Å²) in [5, 5.41) is 1.90. The molecule has 1 aromatic carbocycles. The molecule has 1 atom stereocenters. The fraction of sp³-hybridized carbons (Fsp3) is 0.231. The van der Waals surface area contributed by atoms with Gasteiger partial charge in [-0.1, -0.05) is 41.7 Å². The highest BCUT2D eigenvalue weighted by atomic mass is 32.1. The van der Waals surface area contributed by atoms with E-state index in [2.05, 4.69) is 11.6 Å². The van der Waals surface area contributed by atoms with Gasteiger partial charge in [-0.3, -0.25) is 14.2 Å². The number of anilines is 1. The second-order valence-electron chi connectivity index (χ2n) is 8.47. The molecule has 0 saturated heterocycles. The minimum atomic E-state index is -0.678. The lowest BCUT2D eigenvalue weighted by Gasteiger charge is -2.24. The molecule has 0 bridgehead atoms. The number of rotatable bonds is 5. The molecule has 2 aliphatic heterocycles. The number of hydrogen-bond acceptors (Lipinski definition) is 7. The summed E-state index contributed by atoms with van der Waals surface area (Å²) in [6.45, 7) is 9.41. The van der Waals surface area contributed by atoms with Crippen molar-refractivity contribution in [3.05, 3.63) is 95.8 Å². The van der Waals surface area contributed by atoms with Gasteiger partial charge < -0.3 is 9.64 Å². The highest BCUT2D eigenvalue weighted by Gasteiger charge is 2.37. The number of para-hydroxylation sites is 1. The highest BCUT2D eigenvalue weighted by molar-refractivity contribution is 7.10. The van der Waals surface area contributed by atoms with Gasteiger partial charge in [0.15, 0.2) is 4.80 Å². The molecule has 0 spiro atoms. The number of allylic oxidation sites excluding steroid dienone is 1. The third kappa shape index (κ3) is 3.71. The molecule has 9 heteroatoms. The van der Waals surface area contributed by atoms with E-state index < -0.39 is 12.0 Å². The van der Waals surface area contributed by atoms with Crippen molar-refractivity contribution in [3.63, 3.8) is 0 Å². The second-order valence-corrected chi connectivity index (χ2v) is 10.4. The number of nitrogens with zero attached hydrogens (tertiary/aromatic N) is 3. The first-order valence-corrected chi connectivity index (χ1v) is 12.8. The molecule has 2 aliphatic rings. The van der Waals surface area contributed by atoms with Gasteiger partial charge in [-0.2, -0.15) is 0 Å². The monoisotopic (exact) mass is 505 g/mol. The van der Waals surface area contributed by atoms with E-state index in [1.165, 1.54) is 27.2 Å². The average Bonchev–Trinajstić information content (AvgIpc) is 3.51. The quantitative estimate of drug-likeness (QED) is 0.394. The number of aromatic nitrogens is 1. The third-order valence-electron chi connectivity index (χ3n) is 5.83. The van der Waals surface area contributed by atoms with Gasteiger partial charge in [0, 0.05) is 17.0 Å². The summed E-state index contributed by atoms with van der Waals surface area (Å²) in [7, 11) is 0. The van der Waals surface area contributed by atoms with E-state index in [1.54, 1.807) is 31.7 Å². The molecular formula is C26H23N3O4S2. The Kier molecular flexibility index (Phi) is 5.90. The van der Waals surface area contributed by atoms with E-state index in [9.17, 15) is 14.4 Å². The van der Waals surface area contributed by atoms with Crippen LogP contribution in [-0.2, 0) is 14.3 Å². The molecule has 0 fully saturated rings. The maximum atomic E-state index is 14.0. The van der Waals surface area contributed by atoms with Crippen LogP contribution < -0.4 is 19.8 Å². The smallest absolute Gasteiger partial charge is 0.338 e. The lowest BCUT2D eigenvalue weighted by molar-refractivity contribution is -0.143. The molecule has 0 N–H and O–H groups in total. The van der Waals surface area contributed by atoms with Gasteiger partial charge in [-0.15, -0.1) is 17.9 Å². The van der Waals surface area contributed by atoms with Crippen LogP contribution >= 0.6 is 22.7 Å². The zero-order valence-corrected chi connectivity index (χ0v) is 21.1. The van der Waals surface area contributed by atoms with Gasteiger partial charge in [0.25, 0.3) is 11.5 Å². The van der Waals surface area contributed by atoms with Crippen LogP contribution in [0.2, 0.25) is 0 Å². The van der Waals surface area contributed by atoms with Gasteiger partial charge in [0.1, 0.15) is 10.6 Å². The van der Waals surface area contributed by atoms with E-state index in [4.69, 9.17) is 4.74 Å². The molecule has 178 valence electrons. The van der Waals surface area contributed by atoms with Crippen LogP contribution in [0.15, 0.2) is 75.5 Å². The van der Waals surface area contributed by atoms with E-state index >= 15 is 0 Å². The molecular weight excluding hydrogens is 482 g/mol. The van der Waals surface area contributed by atoms with Crippen LogP contribution in [0.4, 0.5) is 5.69 Å². The van der Waals surface area contributed by atoms with Crippen LogP contribution in [-0.4, -0.2) is 29.1 Å². The Hall–Kier alpha value is -3.56. The van der Waals surface area contributed by atoms with Crippen molar-refractivity contribution in [2.75, 3.05) is 11.4 Å². The minimum Gasteiger partial charge on any atom is -0.459 e. The molecule has 7 nitrogen and oxygen atoms in total. The number of thiazole rings is 1. The van der Waals surface area contributed by atoms with E-state index in [0.717, 1.165) is 10.6 Å². The van der Waals surface area contributed by atoms with Crippen molar-refractivity contribution in [3.8, 4) is 0 Å². The van der Waals surface area contributed by atoms with Gasteiger partial charge in [0.2, 0.25) is 0 Å². The van der Waals surface area contributed by atoms with Crippen LogP contribution in [0.25, 0.3) is 5.57 Å². The van der Waals surface area contributed by atoms with Crippen molar-refractivity contribution in [2.45, 2.75) is 32.9 Å². The van der Waals surface area contributed by atoms with Crippen LogP contribution in [0.3, 0.4) is 0 Å². The van der Waals surface area contributed by atoms with Crippen molar-refractivity contribution < 1.29 is 14.3 Å². The Balaban J connectivity index is 1.79. The van der Waals surface area contributed by atoms with Gasteiger partial charge in [0.05, 0.1) is 28.6 Å². The normalized spacial score (nSPS) is 18.5. The van der Waals surface area contributed by atoms with Crippen molar-refractivity contribution in [1.29, 1.82) is 0 Å². The zero-order valence-electron chi connectivity index (χ0n) is 19.5. The number of amides is 1. The fourth-order valence-electron chi connectivity index (χ4n) is 4.44. The lowest BCUT2D eigenvalue weighted by atomic mass is 10.0. The number of thiophene rings is 1.